The molecule has 3 N–H and O–H groups in total. The molecular formula is C11H17NO2. The largest absolute Gasteiger partial charge is 0.508 e. The monoisotopic (exact) mass is 195 g/mol. The van der Waals surface area contributed by atoms with Crippen molar-refractivity contribution in [2.45, 2.75) is 25.9 Å². The Labute approximate surface area is 84.4 Å². The number of phenolic OH excluding ortho intramolecular Hbond substituents is 1. The highest BCUT2D eigenvalue weighted by molar-refractivity contribution is 5.34. The average molecular weight is 195 g/mol. The Bertz CT molecular complexity index is 288. The minimum absolute atomic E-state index is 0.0320. The van der Waals surface area contributed by atoms with Crippen molar-refractivity contribution < 1.29 is 10.2 Å². The number of hydrogen-bond donors (Lipinski definition) is 3. The van der Waals surface area contributed by atoms with Crippen LogP contribution in [0.25, 0.3) is 0 Å². The number of para-hydroxylation sites is 1. The van der Waals surface area contributed by atoms with Gasteiger partial charge in [-0.25, -0.2) is 0 Å². The van der Waals surface area contributed by atoms with Gasteiger partial charge in [0.1, 0.15) is 5.75 Å². The molecule has 0 saturated heterocycles. The molecule has 0 aromatic heterocycles. The summed E-state index contributed by atoms with van der Waals surface area (Å²) in [7, 11) is 0. The Balaban J connectivity index is 2.69. The molecule has 0 radical (unpaired) electrons. The lowest BCUT2D eigenvalue weighted by atomic mass is 10.1. The molecule has 78 valence electrons. The van der Waals surface area contributed by atoms with Gasteiger partial charge >= 0.3 is 0 Å². The molecule has 3 nitrogen and oxygen atoms in total. The van der Waals surface area contributed by atoms with Gasteiger partial charge in [0, 0.05) is 17.6 Å². The first-order chi connectivity index (χ1) is 6.65. The lowest BCUT2D eigenvalue weighted by Gasteiger charge is -2.19. The van der Waals surface area contributed by atoms with Crippen LogP contribution in [0, 0.1) is 0 Å². The van der Waals surface area contributed by atoms with Crippen LogP contribution in [0.2, 0.25) is 0 Å². The molecular weight excluding hydrogens is 178 g/mol. The van der Waals surface area contributed by atoms with Gasteiger partial charge in [-0.1, -0.05) is 18.2 Å². The summed E-state index contributed by atoms with van der Waals surface area (Å²) in [5.41, 5.74) is 0.854. The Morgan fingerprint density at radius 1 is 1.29 bits per heavy atom. The van der Waals surface area contributed by atoms with Crippen molar-refractivity contribution in [2.75, 3.05) is 6.61 Å². The fraction of sp³-hybridized carbons (Fsp3) is 0.455. The summed E-state index contributed by atoms with van der Waals surface area (Å²) >= 11 is 0. The molecule has 0 aliphatic rings. The standard InChI is InChI=1S/C11H17NO2/c1-8(7-13)12-9(2)10-5-3-4-6-11(10)14/h3-6,8-9,12-14H,7H2,1-2H3/t8-,9?/m0/s1. The van der Waals surface area contributed by atoms with Crippen LogP contribution in [-0.4, -0.2) is 22.9 Å². The van der Waals surface area contributed by atoms with Crippen LogP contribution in [0.3, 0.4) is 0 Å². The summed E-state index contributed by atoms with van der Waals surface area (Å²) in [6, 6.07) is 7.29. The zero-order valence-corrected chi connectivity index (χ0v) is 8.57. The van der Waals surface area contributed by atoms with E-state index in [2.05, 4.69) is 5.32 Å². The average Bonchev–Trinajstić information content (AvgIpc) is 2.18. The first-order valence-corrected chi connectivity index (χ1v) is 4.80. The van der Waals surface area contributed by atoms with Gasteiger partial charge in [0.25, 0.3) is 0 Å². The molecule has 0 heterocycles. The van der Waals surface area contributed by atoms with Gasteiger partial charge in [-0.05, 0) is 19.9 Å². The third kappa shape index (κ3) is 2.72. The van der Waals surface area contributed by atoms with Crippen LogP contribution in [0.1, 0.15) is 25.5 Å². The van der Waals surface area contributed by atoms with E-state index in [-0.39, 0.29) is 24.4 Å². The van der Waals surface area contributed by atoms with E-state index in [4.69, 9.17) is 5.11 Å². The molecule has 1 unspecified atom stereocenters. The zero-order chi connectivity index (χ0) is 10.6. The molecule has 0 fully saturated rings. The highest BCUT2D eigenvalue weighted by Gasteiger charge is 2.11. The van der Waals surface area contributed by atoms with E-state index in [1.807, 2.05) is 26.0 Å². The lowest BCUT2D eigenvalue weighted by Crippen LogP contribution is -2.31. The fourth-order valence-corrected chi connectivity index (χ4v) is 1.42. The van der Waals surface area contributed by atoms with Crippen LogP contribution < -0.4 is 5.32 Å². The molecule has 1 aromatic rings. The van der Waals surface area contributed by atoms with E-state index in [1.165, 1.54) is 0 Å². The summed E-state index contributed by atoms with van der Waals surface area (Å²) < 4.78 is 0. The van der Waals surface area contributed by atoms with Crippen LogP contribution in [-0.2, 0) is 0 Å². The van der Waals surface area contributed by atoms with Crippen LogP contribution in [0.15, 0.2) is 24.3 Å². The first-order valence-electron chi connectivity index (χ1n) is 4.80. The first kappa shape index (κ1) is 11.0. The van der Waals surface area contributed by atoms with E-state index < -0.39 is 0 Å². The lowest BCUT2D eigenvalue weighted by molar-refractivity contribution is 0.242. The van der Waals surface area contributed by atoms with Gasteiger partial charge in [-0.3, -0.25) is 0 Å². The number of phenols is 1. The number of benzene rings is 1. The molecule has 0 aliphatic carbocycles. The van der Waals surface area contributed by atoms with Gasteiger partial charge in [0.15, 0.2) is 0 Å². The smallest absolute Gasteiger partial charge is 0.120 e. The Kier molecular flexibility index (Phi) is 3.92. The molecule has 0 aliphatic heterocycles. The van der Waals surface area contributed by atoms with Crippen molar-refractivity contribution in [1.82, 2.24) is 5.32 Å². The molecule has 0 spiro atoms. The molecule has 1 rings (SSSR count). The van der Waals surface area contributed by atoms with Crippen molar-refractivity contribution >= 4 is 0 Å². The van der Waals surface area contributed by atoms with Crippen molar-refractivity contribution in [2.24, 2.45) is 0 Å². The van der Waals surface area contributed by atoms with Crippen LogP contribution in [0.4, 0.5) is 0 Å². The minimum atomic E-state index is 0.0320. The van der Waals surface area contributed by atoms with Crippen molar-refractivity contribution in [3.63, 3.8) is 0 Å². The number of rotatable bonds is 4. The number of nitrogens with one attached hydrogen (secondary N) is 1. The minimum Gasteiger partial charge on any atom is -0.508 e. The van der Waals surface area contributed by atoms with E-state index in [0.29, 0.717) is 0 Å². The topological polar surface area (TPSA) is 52.5 Å². The van der Waals surface area contributed by atoms with Gasteiger partial charge < -0.3 is 15.5 Å². The highest BCUT2D eigenvalue weighted by atomic mass is 16.3. The van der Waals surface area contributed by atoms with Crippen molar-refractivity contribution in [3.8, 4) is 5.75 Å². The van der Waals surface area contributed by atoms with E-state index in [0.717, 1.165) is 5.56 Å². The molecule has 0 bridgehead atoms. The third-order valence-corrected chi connectivity index (χ3v) is 2.21. The maximum atomic E-state index is 9.56. The van der Waals surface area contributed by atoms with Gasteiger partial charge in [0.2, 0.25) is 0 Å². The molecule has 2 atom stereocenters. The van der Waals surface area contributed by atoms with Crippen molar-refractivity contribution in [3.05, 3.63) is 29.8 Å². The number of aliphatic hydroxyl groups excluding tert-OH is 1. The molecule has 1 aromatic carbocycles. The molecule has 0 amide bonds. The van der Waals surface area contributed by atoms with Gasteiger partial charge in [-0.15, -0.1) is 0 Å². The second-order valence-corrected chi connectivity index (χ2v) is 3.53. The summed E-state index contributed by atoms with van der Waals surface area (Å²) in [5, 5.41) is 21.6. The predicted molar refractivity (Wildman–Crippen MR) is 56.2 cm³/mol. The Hall–Kier alpha value is -1.06. The Morgan fingerprint density at radius 3 is 2.50 bits per heavy atom. The third-order valence-electron chi connectivity index (χ3n) is 2.21. The summed E-state index contributed by atoms with van der Waals surface area (Å²) in [4.78, 5) is 0. The number of aromatic hydroxyl groups is 1. The van der Waals surface area contributed by atoms with Gasteiger partial charge in [-0.2, -0.15) is 0 Å². The second kappa shape index (κ2) is 4.98. The number of aliphatic hydroxyl groups is 1. The van der Waals surface area contributed by atoms with Gasteiger partial charge in [0.05, 0.1) is 6.61 Å². The van der Waals surface area contributed by atoms with Crippen LogP contribution >= 0.6 is 0 Å². The van der Waals surface area contributed by atoms with E-state index in [1.54, 1.807) is 12.1 Å². The van der Waals surface area contributed by atoms with E-state index >= 15 is 0 Å². The molecule has 3 heteroatoms. The predicted octanol–water partition coefficient (Wildman–Crippen LogP) is 1.42. The second-order valence-electron chi connectivity index (χ2n) is 3.53. The number of hydrogen-bond acceptors (Lipinski definition) is 3. The summed E-state index contributed by atoms with van der Waals surface area (Å²) in [6.07, 6.45) is 0. The highest BCUT2D eigenvalue weighted by Crippen LogP contribution is 2.23. The molecule has 0 saturated carbocycles. The summed E-state index contributed by atoms with van der Waals surface area (Å²) in [5.74, 6) is 0.289. The normalized spacial score (nSPS) is 15.1. The van der Waals surface area contributed by atoms with Crippen molar-refractivity contribution in [1.29, 1.82) is 0 Å². The Morgan fingerprint density at radius 2 is 1.93 bits per heavy atom. The van der Waals surface area contributed by atoms with E-state index in [9.17, 15) is 5.11 Å². The maximum Gasteiger partial charge on any atom is 0.120 e. The molecule has 14 heavy (non-hydrogen) atoms. The fourth-order valence-electron chi connectivity index (χ4n) is 1.42. The SMILES string of the molecule is CC(N[C@@H](C)CO)c1ccccc1O. The zero-order valence-electron chi connectivity index (χ0n) is 8.57. The van der Waals surface area contributed by atoms with Crippen LogP contribution in [0.5, 0.6) is 5.75 Å². The summed E-state index contributed by atoms with van der Waals surface area (Å²) in [6.45, 7) is 3.95. The maximum absolute atomic E-state index is 9.56. The quantitative estimate of drug-likeness (QED) is 0.681.